The lowest BCUT2D eigenvalue weighted by molar-refractivity contribution is 0.242. The van der Waals surface area contributed by atoms with Gasteiger partial charge in [-0.25, -0.2) is 4.98 Å². The van der Waals surface area contributed by atoms with Gasteiger partial charge in [-0.3, -0.25) is 0 Å². The molecule has 0 bridgehead atoms. The summed E-state index contributed by atoms with van der Waals surface area (Å²) in [4.78, 5) is 7.85. The van der Waals surface area contributed by atoms with E-state index in [1.54, 1.807) is 0 Å². The van der Waals surface area contributed by atoms with Crippen LogP contribution in [0, 0.1) is 5.92 Å². The van der Waals surface area contributed by atoms with Gasteiger partial charge in [-0.15, -0.1) is 0 Å². The quantitative estimate of drug-likeness (QED) is 0.867. The second-order valence-corrected chi connectivity index (χ2v) is 5.70. The van der Waals surface area contributed by atoms with Crippen molar-refractivity contribution in [3.63, 3.8) is 0 Å². The van der Waals surface area contributed by atoms with Crippen LogP contribution >= 0.6 is 0 Å². The zero-order valence-electron chi connectivity index (χ0n) is 12.1. The number of fused-ring (bicyclic) bond motifs is 1. The van der Waals surface area contributed by atoms with E-state index < -0.39 is 0 Å². The molecule has 1 aromatic heterocycles. The fraction of sp³-hybridized carbons (Fsp3) is 0.533. The van der Waals surface area contributed by atoms with Crippen LogP contribution in [0.3, 0.4) is 0 Å². The molecule has 1 unspecified atom stereocenters. The van der Waals surface area contributed by atoms with Gasteiger partial charge in [0.05, 0.1) is 23.2 Å². The number of hydrogen-bond acceptors (Lipinski definition) is 3. The monoisotopic (exact) mass is 261 g/mol. The van der Waals surface area contributed by atoms with Crippen molar-refractivity contribution in [3.8, 4) is 5.75 Å². The van der Waals surface area contributed by atoms with E-state index in [1.165, 1.54) is 0 Å². The molecule has 2 rings (SSSR count). The minimum Gasteiger partial charge on any atom is -0.491 e. The zero-order chi connectivity index (χ0) is 14.0. The average molecular weight is 261 g/mol. The topological polar surface area (TPSA) is 63.9 Å². The molecular formula is C15H23N3O. The Morgan fingerprint density at radius 3 is 2.63 bits per heavy atom. The van der Waals surface area contributed by atoms with Gasteiger partial charge in [-0.05, 0) is 38.3 Å². The van der Waals surface area contributed by atoms with Crippen LogP contribution in [0.2, 0.25) is 0 Å². The Kier molecular flexibility index (Phi) is 4.10. The normalized spacial score (nSPS) is 13.4. The lowest BCUT2D eigenvalue weighted by Crippen LogP contribution is -2.14. The van der Waals surface area contributed by atoms with Crippen LogP contribution in [-0.4, -0.2) is 16.1 Å². The molecule has 104 valence electrons. The molecule has 0 aliphatic heterocycles. The third-order valence-corrected chi connectivity index (χ3v) is 2.92. The lowest BCUT2D eigenvalue weighted by Gasteiger charge is -2.10. The summed E-state index contributed by atoms with van der Waals surface area (Å²) in [5.74, 6) is 2.27. The molecule has 0 aliphatic rings. The second kappa shape index (κ2) is 5.61. The number of nitrogens with one attached hydrogen (secondary N) is 1. The van der Waals surface area contributed by atoms with Gasteiger partial charge in [-0.1, -0.05) is 13.8 Å². The maximum Gasteiger partial charge on any atom is 0.124 e. The Balaban J connectivity index is 2.25. The molecule has 2 aromatic rings. The van der Waals surface area contributed by atoms with E-state index >= 15 is 0 Å². The number of imidazole rings is 1. The number of H-pyrrole nitrogens is 1. The molecule has 4 nitrogen and oxygen atoms in total. The number of nitrogens with two attached hydrogens (primary N) is 1. The largest absolute Gasteiger partial charge is 0.491 e. The molecule has 0 amide bonds. The van der Waals surface area contributed by atoms with E-state index in [1.807, 2.05) is 32.0 Å². The highest BCUT2D eigenvalue weighted by atomic mass is 16.5. The molecule has 0 radical (unpaired) electrons. The predicted octanol–water partition coefficient (Wildman–Crippen LogP) is 3.40. The number of hydrogen-bond donors (Lipinski definition) is 2. The number of ether oxygens (including phenoxy) is 1. The van der Waals surface area contributed by atoms with Crippen molar-refractivity contribution in [2.45, 2.75) is 46.3 Å². The number of benzene rings is 1. The van der Waals surface area contributed by atoms with Crippen molar-refractivity contribution >= 4 is 11.0 Å². The number of aromatic nitrogens is 2. The Hall–Kier alpha value is -1.55. The highest BCUT2D eigenvalue weighted by Gasteiger charge is 2.13. The van der Waals surface area contributed by atoms with E-state index in [4.69, 9.17) is 10.5 Å². The molecule has 0 spiro atoms. The third-order valence-electron chi connectivity index (χ3n) is 2.92. The number of aromatic amines is 1. The molecule has 0 saturated carbocycles. The summed E-state index contributed by atoms with van der Waals surface area (Å²) in [5.41, 5.74) is 8.07. The molecule has 1 atom stereocenters. The summed E-state index contributed by atoms with van der Waals surface area (Å²) >= 11 is 0. The first kappa shape index (κ1) is 13.9. The third kappa shape index (κ3) is 3.47. The standard InChI is InChI=1S/C15H23N3O/c1-9(2)7-12(16)15-17-13-6-5-11(19-10(3)4)8-14(13)18-15/h5-6,8-10,12H,7,16H2,1-4H3,(H,17,18). The summed E-state index contributed by atoms with van der Waals surface area (Å²) < 4.78 is 5.68. The van der Waals surface area contributed by atoms with E-state index in [9.17, 15) is 0 Å². The van der Waals surface area contributed by atoms with E-state index in [-0.39, 0.29) is 12.1 Å². The van der Waals surface area contributed by atoms with Crippen molar-refractivity contribution in [3.05, 3.63) is 24.0 Å². The molecule has 1 aromatic carbocycles. The highest BCUT2D eigenvalue weighted by molar-refractivity contribution is 5.76. The van der Waals surface area contributed by atoms with Gasteiger partial charge in [0.25, 0.3) is 0 Å². The highest BCUT2D eigenvalue weighted by Crippen LogP contribution is 2.23. The van der Waals surface area contributed by atoms with Gasteiger partial charge in [-0.2, -0.15) is 0 Å². The first-order valence-corrected chi connectivity index (χ1v) is 6.87. The average Bonchev–Trinajstić information content (AvgIpc) is 2.70. The second-order valence-electron chi connectivity index (χ2n) is 5.70. The van der Waals surface area contributed by atoms with E-state index in [0.717, 1.165) is 29.0 Å². The van der Waals surface area contributed by atoms with Crippen LogP contribution in [0.5, 0.6) is 5.75 Å². The van der Waals surface area contributed by atoms with Crippen molar-refractivity contribution in [2.24, 2.45) is 11.7 Å². The fourth-order valence-corrected chi connectivity index (χ4v) is 2.15. The van der Waals surface area contributed by atoms with E-state index in [2.05, 4.69) is 23.8 Å². The van der Waals surface area contributed by atoms with Gasteiger partial charge in [0.1, 0.15) is 11.6 Å². The van der Waals surface area contributed by atoms with Crippen molar-refractivity contribution < 1.29 is 4.74 Å². The molecule has 3 N–H and O–H groups in total. The number of rotatable bonds is 5. The summed E-state index contributed by atoms with van der Waals surface area (Å²) in [5, 5.41) is 0. The Bertz CT molecular complexity index is 545. The Morgan fingerprint density at radius 2 is 2.00 bits per heavy atom. The van der Waals surface area contributed by atoms with Gasteiger partial charge >= 0.3 is 0 Å². The summed E-state index contributed by atoms with van der Waals surface area (Å²) in [6, 6.07) is 5.85. The predicted molar refractivity (Wildman–Crippen MR) is 78.2 cm³/mol. The fourth-order valence-electron chi connectivity index (χ4n) is 2.15. The van der Waals surface area contributed by atoms with Crippen LogP contribution < -0.4 is 10.5 Å². The maximum absolute atomic E-state index is 6.15. The van der Waals surface area contributed by atoms with Gasteiger partial charge < -0.3 is 15.5 Å². The minimum absolute atomic E-state index is 0.0399. The van der Waals surface area contributed by atoms with Crippen LogP contribution in [0.15, 0.2) is 18.2 Å². The zero-order valence-corrected chi connectivity index (χ0v) is 12.1. The van der Waals surface area contributed by atoms with Crippen LogP contribution in [0.4, 0.5) is 0 Å². The van der Waals surface area contributed by atoms with Crippen molar-refractivity contribution in [1.82, 2.24) is 9.97 Å². The van der Waals surface area contributed by atoms with Crippen LogP contribution in [-0.2, 0) is 0 Å². The molecule has 1 heterocycles. The first-order valence-electron chi connectivity index (χ1n) is 6.87. The first-order chi connectivity index (χ1) is 8.95. The minimum atomic E-state index is -0.0399. The Morgan fingerprint density at radius 1 is 1.26 bits per heavy atom. The van der Waals surface area contributed by atoms with Gasteiger partial charge in [0.15, 0.2) is 0 Å². The number of nitrogens with zero attached hydrogens (tertiary/aromatic N) is 1. The summed E-state index contributed by atoms with van der Waals surface area (Å²) in [6.45, 7) is 8.36. The van der Waals surface area contributed by atoms with Crippen LogP contribution in [0.1, 0.15) is 46.0 Å². The van der Waals surface area contributed by atoms with Crippen LogP contribution in [0.25, 0.3) is 11.0 Å². The molecule has 0 aliphatic carbocycles. The molecular weight excluding hydrogens is 238 g/mol. The summed E-state index contributed by atoms with van der Waals surface area (Å²) in [6.07, 6.45) is 1.10. The maximum atomic E-state index is 6.15. The molecule has 0 saturated heterocycles. The van der Waals surface area contributed by atoms with Gasteiger partial charge in [0, 0.05) is 6.07 Å². The molecule has 4 heteroatoms. The van der Waals surface area contributed by atoms with Crippen molar-refractivity contribution in [2.75, 3.05) is 0 Å². The SMILES string of the molecule is CC(C)CC(N)c1nc2ccc(OC(C)C)cc2[nH]1. The Labute approximate surface area is 114 Å². The van der Waals surface area contributed by atoms with Crippen molar-refractivity contribution in [1.29, 1.82) is 0 Å². The summed E-state index contributed by atoms with van der Waals surface area (Å²) in [7, 11) is 0. The molecule has 0 fully saturated rings. The smallest absolute Gasteiger partial charge is 0.124 e. The van der Waals surface area contributed by atoms with Gasteiger partial charge in [0.2, 0.25) is 0 Å². The molecule has 19 heavy (non-hydrogen) atoms. The lowest BCUT2D eigenvalue weighted by atomic mass is 10.0. The van der Waals surface area contributed by atoms with E-state index in [0.29, 0.717) is 5.92 Å².